The minimum atomic E-state index is -4.59. The number of allylic oxidation sites excluding steroid dienone is 2. The molecular weight excluding hydrogens is 586 g/mol. The molecule has 0 spiro atoms. The van der Waals surface area contributed by atoms with E-state index in [1.807, 2.05) is 12.1 Å². The molecule has 2 heterocycles. The van der Waals surface area contributed by atoms with Crippen LogP contribution in [-0.2, 0) is 12.4 Å². The molecule has 2 aliphatic heterocycles. The molecule has 0 saturated carbocycles. The number of ether oxygens (including phenoxy) is 2. The Balaban J connectivity index is 1.65. The van der Waals surface area contributed by atoms with Gasteiger partial charge >= 0.3 is 12.4 Å². The number of nitrogens with zero attached hydrogens (tertiary/aromatic N) is 2. The van der Waals surface area contributed by atoms with Crippen LogP contribution in [-0.4, -0.2) is 0 Å². The number of halogens is 6. The van der Waals surface area contributed by atoms with Crippen LogP contribution in [0, 0.1) is 22.7 Å². The molecule has 2 atom stereocenters. The van der Waals surface area contributed by atoms with E-state index in [-0.39, 0.29) is 34.4 Å². The summed E-state index contributed by atoms with van der Waals surface area (Å²) >= 11 is 0. The lowest BCUT2D eigenvalue weighted by atomic mass is 9.75. The average molecular weight is 605 g/mol. The molecule has 6 rings (SSSR count). The first kappa shape index (κ1) is 28.5. The molecule has 6 nitrogen and oxygen atoms in total. The molecule has 4 aromatic carbocycles. The van der Waals surface area contributed by atoms with Gasteiger partial charge in [0, 0.05) is 11.1 Å². The highest BCUT2D eigenvalue weighted by atomic mass is 19.4. The fourth-order valence-electron chi connectivity index (χ4n) is 5.76. The molecule has 0 fully saturated rings. The van der Waals surface area contributed by atoms with Gasteiger partial charge in [-0.1, -0.05) is 48.5 Å². The lowest BCUT2D eigenvalue weighted by Gasteiger charge is -2.34. The second kappa shape index (κ2) is 9.99. The number of hydrogen-bond donors (Lipinski definition) is 2. The Kier molecular flexibility index (Phi) is 6.47. The minimum absolute atomic E-state index is 0.0111. The van der Waals surface area contributed by atoms with Crippen molar-refractivity contribution in [2.24, 2.45) is 11.5 Å². The molecule has 0 amide bonds. The van der Waals surface area contributed by atoms with E-state index in [1.54, 1.807) is 24.3 Å². The standard InChI is InChI=1S/C32H18F6N4O2/c33-31(34,35)17-9-5-15(6-10-17)23-21(13-39)29(41)43-27-25(23)19-3-1-2-4-20(19)26-24(22(14-40)30(42)44-28(26)27)16-7-11-18(12-8-16)32(36,37)38/h1-12,23-24H,41-42H2/t23-,24-/m0/s1. The van der Waals surface area contributed by atoms with Crippen molar-refractivity contribution in [2.75, 3.05) is 0 Å². The van der Waals surface area contributed by atoms with Crippen LogP contribution < -0.4 is 20.9 Å². The van der Waals surface area contributed by atoms with Crippen LogP contribution >= 0.6 is 0 Å². The number of nitriles is 2. The van der Waals surface area contributed by atoms with Crippen molar-refractivity contribution in [3.8, 4) is 23.6 Å². The first-order chi connectivity index (χ1) is 20.8. The van der Waals surface area contributed by atoms with Gasteiger partial charge in [-0.25, -0.2) is 0 Å². The molecule has 12 heteroatoms. The SMILES string of the molecule is N#CC1=C(N)Oc2c3c(c4ccccc4c2[C@H]1c1ccc(C(F)(F)F)cc1)[C@@H](c1ccc(C(F)(F)F)cc1)C(C#N)=C(N)O3. The zero-order valence-corrected chi connectivity index (χ0v) is 22.2. The van der Waals surface area contributed by atoms with Crippen molar-refractivity contribution in [3.63, 3.8) is 0 Å². The summed E-state index contributed by atoms with van der Waals surface area (Å²) in [6.45, 7) is 0. The Bertz CT molecular complexity index is 1840. The summed E-state index contributed by atoms with van der Waals surface area (Å²) in [5, 5.41) is 21.1. The van der Waals surface area contributed by atoms with Crippen molar-refractivity contribution in [3.05, 3.63) is 129 Å². The van der Waals surface area contributed by atoms with E-state index < -0.39 is 35.3 Å². The Morgan fingerprint density at radius 2 is 0.909 bits per heavy atom. The highest BCUT2D eigenvalue weighted by molar-refractivity contribution is 5.97. The van der Waals surface area contributed by atoms with Gasteiger partial charge in [0.2, 0.25) is 11.8 Å². The average Bonchev–Trinajstić information content (AvgIpc) is 2.99. The molecule has 0 aliphatic carbocycles. The lowest BCUT2D eigenvalue weighted by Crippen LogP contribution is -2.26. The van der Waals surface area contributed by atoms with Crippen LogP contribution in [0.4, 0.5) is 26.3 Å². The third-order valence-corrected chi connectivity index (χ3v) is 7.70. The van der Waals surface area contributed by atoms with E-state index in [1.165, 1.54) is 24.3 Å². The zero-order chi connectivity index (χ0) is 31.6. The van der Waals surface area contributed by atoms with Crippen LogP contribution in [0.15, 0.2) is 95.7 Å². The van der Waals surface area contributed by atoms with Crippen LogP contribution in [0.3, 0.4) is 0 Å². The number of hydrogen-bond acceptors (Lipinski definition) is 6. The molecule has 44 heavy (non-hydrogen) atoms. The molecule has 220 valence electrons. The molecule has 0 unspecified atom stereocenters. The van der Waals surface area contributed by atoms with Gasteiger partial charge in [0.1, 0.15) is 23.3 Å². The van der Waals surface area contributed by atoms with Crippen LogP contribution in [0.5, 0.6) is 11.5 Å². The quantitative estimate of drug-likeness (QED) is 0.232. The summed E-state index contributed by atoms with van der Waals surface area (Å²) in [5.41, 5.74) is 11.8. The zero-order valence-electron chi connectivity index (χ0n) is 22.2. The molecule has 0 radical (unpaired) electrons. The third-order valence-electron chi connectivity index (χ3n) is 7.70. The molecule has 0 saturated heterocycles. The predicted molar refractivity (Wildman–Crippen MR) is 145 cm³/mol. The summed E-state index contributed by atoms with van der Waals surface area (Å²) in [4.78, 5) is 0. The van der Waals surface area contributed by atoms with E-state index in [2.05, 4.69) is 0 Å². The minimum Gasteiger partial charge on any atom is -0.436 e. The van der Waals surface area contributed by atoms with Crippen molar-refractivity contribution in [1.82, 2.24) is 0 Å². The van der Waals surface area contributed by atoms with Gasteiger partial charge in [0.05, 0.1) is 23.0 Å². The summed E-state index contributed by atoms with van der Waals surface area (Å²) in [6.07, 6.45) is -9.18. The summed E-state index contributed by atoms with van der Waals surface area (Å²) in [7, 11) is 0. The van der Waals surface area contributed by atoms with E-state index >= 15 is 0 Å². The first-order valence-corrected chi connectivity index (χ1v) is 12.9. The highest BCUT2D eigenvalue weighted by Gasteiger charge is 2.42. The molecule has 4 aromatic rings. The van der Waals surface area contributed by atoms with Crippen LogP contribution in [0.1, 0.15) is 45.2 Å². The fraction of sp³-hybridized carbons (Fsp3) is 0.125. The predicted octanol–water partition coefficient (Wildman–Crippen LogP) is 7.31. The maximum Gasteiger partial charge on any atom is 0.416 e. The second-order valence-electron chi connectivity index (χ2n) is 10.1. The fourth-order valence-corrected chi connectivity index (χ4v) is 5.76. The Morgan fingerprint density at radius 1 is 0.568 bits per heavy atom. The van der Waals surface area contributed by atoms with E-state index in [0.717, 1.165) is 24.3 Å². The van der Waals surface area contributed by atoms with Gasteiger partial charge in [-0.2, -0.15) is 36.9 Å². The van der Waals surface area contributed by atoms with Crippen LogP contribution in [0.2, 0.25) is 0 Å². The monoisotopic (exact) mass is 604 g/mol. The van der Waals surface area contributed by atoms with E-state index in [9.17, 15) is 36.9 Å². The number of alkyl halides is 6. The van der Waals surface area contributed by atoms with Crippen molar-refractivity contribution in [2.45, 2.75) is 24.2 Å². The van der Waals surface area contributed by atoms with Gasteiger partial charge in [-0.3, -0.25) is 0 Å². The maximum atomic E-state index is 13.3. The molecule has 0 bridgehead atoms. The van der Waals surface area contributed by atoms with Crippen molar-refractivity contribution >= 4 is 10.8 Å². The molecule has 2 aliphatic rings. The van der Waals surface area contributed by atoms with Crippen molar-refractivity contribution in [1.29, 1.82) is 10.5 Å². The van der Waals surface area contributed by atoms with Gasteiger partial charge in [-0.05, 0) is 46.2 Å². The number of rotatable bonds is 2. The molecular formula is C32H18F6N4O2. The Morgan fingerprint density at radius 3 is 1.20 bits per heavy atom. The van der Waals surface area contributed by atoms with Crippen molar-refractivity contribution < 1.29 is 35.8 Å². The Labute approximate surface area is 245 Å². The molecule has 0 aromatic heterocycles. The lowest BCUT2D eigenvalue weighted by molar-refractivity contribution is -0.138. The third kappa shape index (κ3) is 4.43. The molecule has 4 N–H and O–H groups in total. The van der Waals surface area contributed by atoms with Gasteiger partial charge in [0.15, 0.2) is 11.5 Å². The smallest absolute Gasteiger partial charge is 0.416 e. The Hall–Kier alpha value is -5.62. The van der Waals surface area contributed by atoms with Gasteiger partial charge in [-0.15, -0.1) is 0 Å². The normalized spacial score (nSPS) is 18.1. The summed E-state index contributed by atoms with van der Waals surface area (Å²) in [6, 6.07) is 19.4. The largest absolute Gasteiger partial charge is 0.436 e. The van der Waals surface area contributed by atoms with Gasteiger partial charge in [0.25, 0.3) is 0 Å². The topological polar surface area (TPSA) is 118 Å². The van der Waals surface area contributed by atoms with E-state index in [4.69, 9.17) is 20.9 Å². The number of benzene rings is 4. The van der Waals surface area contributed by atoms with Crippen LogP contribution in [0.25, 0.3) is 10.8 Å². The maximum absolute atomic E-state index is 13.3. The first-order valence-electron chi connectivity index (χ1n) is 12.9. The van der Waals surface area contributed by atoms with E-state index in [0.29, 0.717) is 33.0 Å². The highest BCUT2D eigenvalue weighted by Crippen LogP contribution is 2.57. The number of fused-ring (bicyclic) bond motifs is 6. The second-order valence-corrected chi connectivity index (χ2v) is 10.1. The summed E-state index contributed by atoms with van der Waals surface area (Å²) < 4.78 is 92.0. The summed E-state index contributed by atoms with van der Waals surface area (Å²) in [5.74, 6) is -2.61. The number of nitrogens with two attached hydrogens (primary N) is 2. The van der Waals surface area contributed by atoms with Gasteiger partial charge < -0.3 is 20.9 Å².